The molecule has 3 aliphatic carbocycles. The number of carbonyl (C=O) groups excluding carboxylic acids is 10. The summed E-state index contributed by atoms with van der Waals surface area (Å²) in [5.74, 6) is -3.28. The third-order valence-electron chi connectivity index (χ3n) is 11.7. The molecular weight excluding hydrogens is 833 g/mol. The zero-order valence-electron chi connectivity index (χ0n) is 36.2. The van der Waals surface area contributed by atoms with E-state index in [1.54, 1.807) is 4.90 Å². The zero-order chi connectivity index (χ0) is 46.8. The molecule has 0 aromatic carbocycles. The van der Waals surface area contributed by atoms with Crippen molar-refractivity contribution in [2.24, 2.45) is 23.7 Å². The normalized spacial score (nSPS) is 23.2. The number of morpholine rings is 1. The molecular formula is C46H58N4O14. The first kappa shape index (κ1) is 50.3. The summed E-state index contributed by atoms with van der Waals surface area (Å²) < 4.78 is 19.4. The van der Waals surface area contributed by atoms with Crippen molar-refractivity contribution in [1.82, 2.24) is 19.6 Å². The standard InChI is InChI=1S/C13H17NO4.2C13H15NO4.C7H11NO2/c3*1-2-11(15)18-8-7-14-12(16)9-5-3-4-6-10(9)13(14)17;1-2-7(9)8-3-5-10-6-4-8/h2,9-10H,1,3-8H2;2H,1,3-8H2;2-4,9-10H,1,5-8H2;2H,1,3-6H2. The summed E-state index contributed by atoms with van der Waals surface area (Å²) in [6.07, 6.45) is 16.5. The van der Waals surface area contributed by atoms with Crippen LogP contribution in [-0.2, 0) is 66.9 Å². The maximum absolute atomic E-state index is 12.0. The van der Waals surface area contributed by atoms with Gasteiger partial charge in [0.2, 0.25) is 29.5 Å². The van der Waals surface area contributed by atoms with E-state index in [9.17, 15) is 47.9 Å². The fourth-order valence-electron chi connectivity index (χ4n) is 8.34. The highest BCUT2D eigenvalue weighted by atomic mass is 16.5. The van der Waals surface area contributed by atoms with Crippen LogP contribution >= 0.6 is 0 Å². The van der Waals surface area contributed by atoms with E-state index in [1.165, 1.54) is 20.8 Å². The van der Waals surface area contributed by atoms with Crippen molar-refractivity contribution in [3.8, 4) is 0 Å². The van der Waals surface area contributed by atoms with Gasteiger partial charge in [0.25, 0.3) is 11.8 Å². The summed E-state index contributed by atoms with van der Waals surface area (Å²) in [6, 6.07) is 0. The second kappa shape index (κ2) is 25.1. The van der Waals surface area contributed by atoms with Crippen molar-refractivity contribution in [3.63, 3.8) is 0 Å². The van der Waals surface area contributed by atoms with E-state index in [4.69, 9.17) is 18.9 Å². The van der Waals surface area contributed by atoms with Gasteiger partial charge < -0.3 is 23.8 Å². The van der Waals surface area contributed by atoms with Crippen molar-refractivity contribution < 1.29 is 66.9 Å². The van der Waals surface area contributed by atoms with Gasteiger partial charge in [-0.2, -0.15) is 0 Å². The Morgan fingerprint density at radius 2 is 0.922 bits per heavy atom. The van der Waals surface area contributed by atoms with Crippen LogP contribution in [0.5, 0.6) is 0 Å². The molecule has 7 aliphatic rings. The Kier molecular flexibility index (Phi) is 19.8. The lowest BCUT2D eigenvalue weighted by molar-refractivity contribution is -0.145. The predicted octanol–water partition coefficient (Wildman–Crippen LogP) is 2.54. The monoisotopic (exact) mass is 890 g/mol. The molecule has 4 atom stereocenters. The van der Waals surface area contributed by atoms with E-state index in [-0.39, 0.29) is 104 Å². The van der Waals surface area contributed by atoms with E-state index in [0.717, 1.165) is 56.8 Å². The molecule has 0 N–H and O–H groups in total. The Labute approximate surface area is 372 Å². The van der Waals surface area contributed by atoms with Crippen molar-refractivity contribution in [3.05, 3.63) is 73.9 Å². The fourth-order valence-corrected chi connectivity index (χ4v) is 8.34. The maximum Gasteiger partial charge on any atom is 0.330 e. The van der Waals surface area contributed by atoms with Gasteiger partial charge in [-0.1, -0.05) is 51.3 Å². The van der Waals surface area contributed by atoms with Gasteiger partial charge in [-0.3, -0.25) is 48.3 Å². The highest BCUT2D eigenvalue weighted by Crippen LogP contribution is 2.38. The summed E-state index contributed by atoms with van der Waals surface area (Å²) in [4.78, 5) is 121. The van der Waals surface area contributed by atoms with Gasteiger partial charge in [-0.25, -0.2) is 14.4 Å². The van der Waals surface area contributed by atoms with Crippen LogP contribution in [0.15, 0.2) is 73.9 Å². The lowest BCUT2D eigenvalue weighted by atomic mass is 9.81. The molecule has 18 heteroatoms. The molecule has 1 saturated carbocycles. The summed E-state index contributed by atoms with van der Waals surface area (Å²) >= 11 is 0. The fraction of sp³-hybridized carbons (Fsp3) is 0.522. The second-order valence-corrected chi connectivity index (χ2v) is 15.5. The first-order chi connectivity index (χ1) is 30.8. The van der Waals surface area contributed by atoms with Crippen LogP contribution < -0.4 is 0 Å². The third-order valence-corrected chi connectivity index (χ3v) is 11.7. The van der Waals surface area contributed by atoms with Gasteiger partial charge in [0.05, 0.1) is 56.5 Å². The lowest BCUT2D eigenvalue weighted by Gasteiger charge is -2.25. The number of hydrogen-bond acceptors (Lipinski definition) is 14. The van der Waals surface area contributed by atoms with Crippen LogP contribution in [0.4, 0.5) is 0 Å². The molecule has 7 amide bonds. The predicted molar refractivity (Wildman–Crippen MR) is 228 cm³/mol. The first-order valence-corrected chi connectivity index (χ1v) is 21.6. The van der Waals surface area contributed by atoms with Crippen LogP contribution in [0.2, 0.25) is 0 Å². The van der Waals surface area contributed by atoms with Gasteiger partial charge in [0.1, 0.15) is 19.8 Å². The minimum atomic E-state index is -0.549. The molecule has 4 fully saturated rings. The number of hydrogen-bond donors (Lipinski definition) is 0. The van der Waals surface area contributed by atoms with Crippen LogP contribution in [0.3, 0.4) is 0 Å². The topological polar surface area (TPSA) is 221 Å². The average Bonchev–Trinajstić information content (AvgIpc) is 3.83. The number of fused-ring (bicyclic) bond motifs is 2. The Morgan fingerprint density at radius 3 is 1.30 bits per heavy atom. The number of likely N-dealkylation sites (tertiary alicyclic amines) is 2. The zero-order valence-corrected chi connectivity index (χ0v) is 36.2. The number of imide groups is 3. The molecule has 7 rings (SSSR count). The highest BCUT2D eigenvalue weighted by Gasteiger charge is 2.48. The molecule has 4 aliphatic heterocycles. The third kappa shape index (κ3) is 13.1. The molecule has 3 saturated heterocycles. The number of carbonyl (C=O) groups is 10. The molecule has 0 spiro atoms. The lowest BCUT2D eigenvalue weighted by Crippen LogP contribution is -2.39. The van der Waals surface area contributed by atoms with Crippen molar-refractivity contribution in [1.29, 1.82) is 0 Å². The van der Waals surface area contributed by atoms with Crippen molar-refractivity contribution >= 4 is 59.3 Å². The smallest absolute Gasteiger partial charge is 0.330 e. The SMILES string of the molecule is C=CC(=O)N1CCOCC1.C=CC(=O)OCCN1C(=O)C2=C(CCCC2)C1=O.C=CC(=O)OCCN1C(=O)C2CC=CCC2C1=O.C=CC(=O)OCCN1C(=O)C2CCCCC2C1=O. The number of ether oxygens (including phenoxy) is 4. The minimum Gasteiger partial charge on any atom is -0.461 e. The van der Waals surface area contributed by atoms with Crippen LogP contribution in [0.1, 0.15) is 64.2 Å². The van der Waals surface area contributed by atoms with E-state index in [1.807, 2.05) is 12.2 Å². The van der Waals surface area contributed by atoms with Crippen molar-refractivity contribution in [2.45, 2.75) is 64.2 Å². The molecule has 346 valence electrons. The highest BCUT2D eigenvalue weighted by molar-refractivity contribution is 6.19. The molecule has 18 nitrogen and oxygen atoms in total. The van der Waals surface area contributed by atoms with E-state index in [2.05, 4.69) is 26.3 Å². The van der Waals surface area contributed by atoms with Gasteiger partial charge in [-0.05, 0) is 57.4 Å². The summed E-state index contributed by atoms with van der Waals surface area (Å²) in [6.45, 7) is 16.4. The second-order valence-electron chi connectivity index (χ2n) is 15.5. The number of nitrogens with zero attached hydrogens (tertiary/aromatic N) is 4. The van der Waals surface area contributed by atoms with Crippen LogP contribution in [0, 0.1) is 23.7 Å². The Morgan fingerprint density at radius 1 is 0.547 bits per heavy atom. The van der Waals surface area contributed by atoms with Crippen LogP contribution in [0.25, 0.3) is 0 Å². The molecule has 4 unspecified atom stereocenters. The molecule has 0 aromatic rings. The van der Waals surface area contributed by atoms with Crippen molar-refractivity contribution in [2.75, 3.05) is 65.8 Å². The number of amides is 7. The minimum absolute atomic E-state index is 0.00306. The van der Waals surface area contributed by atoms with Crippen LogP contribution in [-0.4, -0.2) is 145 Å². The Hall–Kier alpha value is -6.30. The van der Waals surface area contributed by atoms with E-state index >= 15 is 0 Å². The van der Waals surface area contributed by atoms with Gasteiger partial charge >= 0.3 is 17.9 Å². The van der Waals surface area contributed by atoms with Gasteiger partial charge in [0, 0.05) is 42.5 Å². The largest absolute Gasteiger partial charge is 0.461 e. The quantitative estimate of drug-likeness (QED) is 0.0854. The van der Waals surface area contributed by atoms with Gasteiger partial charge in [0.15, 0.2) is 0 Å². The Balaban J connectivity index is 0.000000191. The Bertz CT molecular complexity index is 1800. The summed E-state index contributed by atoms with van der Waals surface area (Å²) in [5.41, 5.74) is 1.31. The number of rotatable bonds is 13. The number of esters is 3. The van der Waals surface area contributed by atoms with Gasteiger partial charge in [-0.15, -0.1) is 0 Å². The summed E-state index contributed by atoms with van der Waals surface area (Å²) in [5, 5.41) is 0. The maximum atomic E-state index is 12.0. The van der Waals surface area contributed by atoms with E-state index in [0.29, 0.717) is 63.1 Å². The molecule has 0 bridgehead atoms. The first-order valence-electron chi connectivity index (χ1n) is 21.6. The number of allylic oxidation sites excluding steroid dienone is 2. The average molecular weight is 891 g/mol. The molecule has 0 aromatic heterocycles. The molecule has 0 radical (unpaired) electrons. The summed E-state index contributed by atoms with van der Waals surface area (Å²) in [7, 11) is 0. The van der Waals surface area contributed by atoms with E-state index < -0.39 is 17.9 Å². The molecule has 4 heterocycles. The molecule has 64 heavy (non-hydrogen) atoms.